The van der Waals surface area contributed by atoms with Crippen LogP contribution >= 0.6 is 11.3 Å². The van der Waals surface area contributed by atoms with Crippen LogP contribution in [0.5, 0.6) is 17.2 Å². The molecule has 1 aliphatic rings. The minimum absolute atomic E-state index is 0.155. The van der Waals surface area contributed by atoms with Crippen molar-refractivity contribution >= 4 is 29.2 Å². The Balaban J connectivity index is 1.61. The molecule has 0 unspecified atom stereocenters. The molecule has 1 atom stereocenters. The van der Waals surface area contributed by atoms with Gasteiger partial charge >= 0.3 is 0 Å². The predicted octanol–water partition coefficient (Wildman–Crippen LogP) is 4.95. The Morgan fingerprint density at radius 1 is 1.06 bits per heavy atom. The highest BCUT2D eigenvalue weighted by Crippen LogP contribution is 2.41. The summed E-state index contributed by atoms with van der Waals surface area (Å²) in [5.41, 5.74) is 0.915. The molecule has 0 saturated heterocycles. The van der Waals surface area contributed by atoms with Crippen molar-refractivity contribution in [2.75, 3.05) is 14.2 Å². The average Bonchev–Trinajstić information content (AvgIpc) is 3.36. The summed E-state index contributed by atoms with van der Waals surface area (Å²) in [4.78, 5) is 27.3. The fourth-order valence-corrected chi connectivity index (χ4v) is 4.59. The maximum absolute atomic E-state index is 13.5. The summed E-state index contributed by atoms with van der Waals surface area (Å²) >= 11 is 1.48. The van der Waals surface area contributed by atoms with Crippen molar-refractivity contribution in [1.82, 2.24) is 10.6 Å². The molecule has 35 heavy (non-hydrogen) atoms. The van der Waals surface area contributed by atoms with Gasteiger partial charge in [0.2, 0.25) is 0 Å². The normalized spacial score (nSPS) is 16.5. The number of methoxy groups -OCH3 is 2. The SMILES string of the molecule is COc1ccc(C(=O)N/C(=C\c2cccs2)C(=O)N[C@H]2CC(C)(C)Oc3ccc(OC)cc32)cc1. The molecule has 182 valence electrons. The third-order valence-corrected chi connectivity index (χ3v) is 6.47. The minimum Gasteiger partial charge on any atom is -0.497 e. The van der Waals surface area contributed by atoms with Gasteiger partial charge in [-0.1, -0.05) is 6.07 Å². The highest BCUT2D eigenvalue weighted by Gasteiger charge is 2.35. The molecular formula is C27H28N2O5S. The fraction of sp³-hybridized carbons (Fsp3) is 0.259. The fourth-order valence-electron chi connectivity index (χ4n) is 3.94. The van der Waals surface area contributed by atoms with Crippen LogP contribution in [0.15, 0.2) is 65.7 Å². The van der Waals surface area contributed by atoms with E-state index in [4.69, 9.17) is 14.2 Å². The largest absolute Gasteiger partial charge is 0.497 e. The summed E-state index contributed by atoms with van der Waals surface area (Å²) in [6.45, 7) is 3.96. The van der Waals surface area contributed by atoms with Crippen LogP contribution in [0.2, 0.25) is 0 Å². The number of rotatable bonds is 7. The van der Waals surface area contributed by atoms with Gasteiger partial charge in [-0.05, 0) is 73.8 Å². The summed E-state index contributed by atoms with van der Waals surface area (Å²) in [5, 5.41) is 7.80. The number of amides is 2. The van der Waals surface area contributed by atoms with Gasteiger partial charge in [0.15, 0.2) is 0 Å². The number of hydrogen-bond acceptors (Lipinski definition) is 6. The molecule has 0 bridgehead atoms. The van der Waals surface area contributed by atoms with Gasteiger partial charge in [-0.25, -0.2) is 0 Å². The molecule has 2 amide bonds. The Morgan fingerprint density at radius 2 is 1.77 bits per heavy atom. The van der Waals surface area contributed by atoms with E-state index in [0.29, 0.717) is 29.2 Å². The van der Waals surface area contributed by atoms with E-state index < -0.39 is 11.5 Å². The molecule has 2 N–H and O–H groups in total. The second-order valence-electron chi connectivity index (χ2n) is 8.75. The quantitative estimate of drug-likeness (QED) is 0.456. The van der Waals surface area contributed by atoms with Crippen LogP contribution in [0, 0.1) is 0 Å². The van der Waals surface area contributed by atoms with E-state index in [1.807, 2.05) is 49.6 Å². The van der Waals surface area contributed by atoms with Gasteiger partial charge in [0.05, 0.1) is 20.3 Å². The number of thiophene rings is 1. The van der Waals surface area contributed by atoms with Gasteiger partial charge in [0, 0.05) is 22.4 Å². The lowest BCUT2D eigenvalue weighted by atomic mass is 9.89. The molecule has 0 radical (unpaired) electrons. The number of carbonyl (C=O) groups excluding carboxylic acids is 2. The predicted molar refractivity (Wildman–Crippen MR) is 136 cm³/mol. The van der Waals surface area contributed by atoms with Crippen LogP contribution in [0.3, 0.4) is 0 Å². The molecule has 8 heteroatoms. The molecule has 7 nitrogen and oxygen atoms in total. The monoisotopic (exact) mass is 492 g/mol. The van der Waals surface area contributed by atoms with E-state index in [-0.39, 0.29) is 17.6 Å². The first-order valence-electron chi connectivity index (χ1n) is 11.2. The minimum atomic E-state index is -0.483. The van der Waals surface area contributed by atoms with Gasteiger partial charge in [-0.15, -0.1) is 11.3 Å². The van der Waals surface area contributed by atoms with Gasteiger partial charge in [-0.2, -0.15) is 0 Å². The van der Waals surface area contributed by atoms with E-state index in [9.17, 15) is 9.59 Å². The Hall–Kier alpha value is -3.78. The highest BCUT2D eigenvalue weighted by molar-refractivity contribution is 7.10. The molecule has 1 aromatic heterocycles. The third-order valence-electron chi connectivity index (χ3n) is 5.65. The molecule has 0 fully saturated rings. The molecular weight excluding hydrogens is 464 g/mol. The summed E-state index contributed by atoms with van der Waals surface area (Å²) in [7, 11) is 3.16. The number of benzene rings is 2. The zero-order valence-corrected chi connectivity index (χ0v) is 20.9. The zero-order chi connectivity index (χ0) is 25.0. The Bertz CT molecular complexity index is 1230. The van der Waals surface area contributed by atoms with E-state index in [1.165, 1.54) is 11.3 Å². The van der Waals surface area contributed by atoms with Gasteiger partial charge in [0.1, 0.15) is 28.5 Å². The first-order chi connectivity index (χ1) is 16.8. The van der Waals surface area contributed by atoms with Crippen molar-refractivity contribution in [3.63, 3.8) is 0 Å². The molecule has 2 aromatic carbocycles. The van der Waals surface area contributed by atoms with Crippen LogP contribution in [-0.4, -0.2) is 31.6 Å². The van der Waals surface area contributed by atoms with Crippen LogP contribution in [0.25, 0.3) is 6.08 Å². The molecule has 0 saturated carbocycles. The second-order valence-corrected chi connectivity index (χ2v) is 9.73. The van der Waals surface area contributed by atoms with E-state index in [2.05, 4.69) is 10.6 Å². The number of nitrogens with one attached hydrogen (secondary N) is 2. The van der Waals surface area contributed by atoms with Crippen LogP contribution < -0.4 is 24.8 Å². The summed E-state index contributed by atoms with van der Waals surface area (Å²) in [5.74, 6) is 1.23. The molecule has 1 aliphatic heterocycles. The molecule has 4 rings (SSSR count). The Morgan fingerprint density at radius 3 is 2.43 bits per heavy atom. The van der Waals surface area contributed by atoms with Gasteiger partial charge in [-0.3, -0.25) is 9.59 Å². The summed E-state index contributed by atoms with van der Waals surface area (Å²) < 4.78 is 16.7. The number of fused-ring (bicyclic) bond motifs is 1. The standard InChI is InChI=1S/C27H28N2O5S/c1-27(2)16-23(21-14-19(33-4)11-12-24(21)34-27)29-26(31)22(15-20-6-5-13-35-20)28-25(30)17-7-9-18(32-3)10-8-17/h5-15,23H,16H2,1-4H3,(H,28,30)(H,29,31)/b22-15-/t23-/m0/s1. The lowest BCUT2D eigenvalue weighted by Crippen LogP contribution is -2.43. The number of ether oxygens (including phenoxy) is 3. The van der Waals surface area contributed by atoms with Crippen molar-refractivity contribution in [3.05, 3.63) is 81.7 Å². The lowest BCUT2D eigenvalue weighted by Gasteiger charge is -2.38. The molecule has 0 spiro atoms. The van der Waals surface area contributed by atoms with Crippen LogP contribution in [0.1, 0.15) is 47.1 Å². The Labute approximate surface area is 208 Å². The zero-order valence-electron chi connectivity index (χ0n) is 20.1. The second kappa shape index (κ2) is 10.2. The molecule has 0 aliphatic carbocycles. The maximum atomic E-state index is 13.5. The van der Waals surface area contributed by atoms with E-state index in [1.54, 1.807) is 44.6 Å². The third kappa shape index (κ3) is 5.84. The molecule has 2 heterocycles. The Kier molecular flexibility index (Phi) is 7.12. The first kappa shape index (κ1) is 24.3. The number of hydrogen-bond donors (Lipinski definition) is 2. The molecule has 3 aromatic rings. The highest BCUT2D eigenvalue weighted by atomic mass is 32.1. The lowest BCUT2D eigenvalue weighted by molar-refractivity contribution is -0.119. The van der Waals surface area contributed by atoms with Gasteiger partial charge < -0.3 is 24.8 Å². The summed E-state index contributed by atoms with van der Waals surface area (Å²) in [6.07, 6.45) is 2.23. The smallest absolute Gasteiger partial charge is 0.268 e. The number of carbonyl (C=O) groups is 2. The first-order valence-corrected chi connectivity index (χ1v) is 12.0. The van der Waals surface area contributed by atoms with Gasteiger partial charge in [0.25, 0.3) is 11.8 Å². The van der Waals surface area contributed by atoms with Crippen molar-refractivity contribution in [2.24, 2.45) is 0 Å². The average molecular weight is 493 g/mol. The van der Waals surface area contributed by atoms with Crippen LogP contribution in [0.4, 0.5) is 0 Å². The van der Waals surface area contributed by atoms with Crippen molar-refractivity contribution < 1.29 is 23.8 Å². The maximum Gasteiger partial charge on any atom is 0.268 e. The van der Waals surface area contributed by atoms with Crippen molar-refractivity contribution in [3.8, 4) is 17.2 Å². The van der Waals surface area contributed by atoms with Crippen LogP contribution in [-0.2, 0) is 4.79 Å². The summed E-state index contributed by atoms with van der Waals surface area (Å²) in [6, 6.07) is 15.7. The van der Waals surface area contributed by atoms with Crippen molar-refractivity contribution in [2.45, 2.75) is 31.9 Å². The van der Waals surface area contributed by atoms with Crippen molar-refractivity contribution in [1.29, 1.82) is 0 Å². The van der Waals surface area contributed by atoms with E-state index >= 15 is 0 Å². The van der Waals surface area contributed by atoms with E-state index in [0.717, 1.165) is 10.4 Å². The topological polar surface area (TPSA) is 85.9 Å².